The van der Waals surface area contributed by atoms with Crippen molar-refractivity contribution in [2.45, 2.75) is 63.2 Å². The molecule has 0 bridgehead atoms. The van der Waals surface area contributed by atoms with Crippen LogP contribution < -0.4 is 14.8 Å². The van der Waals surface area contributed by atoms with E-state index in [9.17, 15) is 0 Å². The molecule has 21 heavy (non-hydrogen) atoms. The standard InChI is InChI=1S/C17H22BrNO2/c18-14-11-16-15(20-17(21-16)6-2-3-7-17)10-12(14)9-13-5-1-4-8-19-13/h10-11,13,19H,1-9H2. The minimum Gasteiger partial charge on any atom is -0.448 e. The van der Waals surface area contributed by atoms with Crippen LogP contribution in [0.4, 0.5) is 0 Å². The lowest BCUT2D eigenvalue weighted by molar-refractivity contribution is -0.0716. The maximum Gasteiger partial charge on any atom is 0.251 e. The van der Waals surface area contributed by atoms with Crippen LogP contribution in [0.25, 0.3) is 0 Å². The van der Waals surface area contributed by atoms with E-state index in [4.69, 9.17) is 9.47 Å². The van der Waals surface area contributed by atoms with Crippen LogP contribution in [0.15, 0.2) is 16.6 Å². The van der Waals surface area contributed by atoms with Gasteiger partial charge in [-0.15, -0.1) is 0 Å². The summed E-state index contributed by atoms with van der Waals surface area (Å²) in [5.74, 6) is 1.48. The van der Waals surface area contributed by atoms with Gasteiger partial charge < -0.3 is 14.8 Å². The van der Waals surface area contributed by atoms with Crippen LogP contribution in [0, 0.1) is 0 Å². The molecule has 2 heterocycles. The van der Waals surface area contributed by atoms with Crippen molar-refractivity contribution in [3.63, 3.8) is 0 Å². The molecule has 2 fully saturated rings. The maximum atomic E-state index is 6.18. The van der Waals surface area contributed by atoms with Crippen molar-refractivity contribution >= 4 is 15.9 Å². The van der Waals surface area contributed by atoms with E-state index in [2.05, 4.69) is 33.4 Å². The highest BCUT2D eigenvalue weighted by molar-refractivity contribution is 9.10. The molecule has 4 heteroatoms. The van der Waals surface area contributed by atoms with Gasteiger partial charge in [-0.25, -0.2) is 0 Å². The fourth-order valence-corrected chi connectivity index (χ4v) is 4.28. The second kappa shape index (κ2) is 5.47. The average molecular weight is 352 g/mol. The second-order valence-corrected chi connectivity index (χ2v) is 7.42. The first-order chi connectivity index (χ1) is 10.2. The van der Waals surface area contributed by atoms with Crippen LogP contribution in [0.5, 0.6) is 11.5 Å². The van der Waals surface area contributed by atoms with Gasteiger partial charge in [0, 0.05) is 23.4 Å². The number of halogens is 1. The van der Waals surface area contributed by atoms with Crippen molar-refractivity contribution in [2.75, 3.05) is 6.54 Å². The Balaban J connectivity index is 1.54. The average Bonchev–Trinajstić information content (AvgIpc) is 3.07. The summed E-state index contributed by atoms with van der Waals surface area (Å²) < 4.78 is 13.4. The summed E-state index contributed by atoms with van der Waals surface area (Å²) in [5.41, 5.74) is 1.33. The third-order valence-electron chi connectivity index (χ3n) is 4.95. The molecule has 4 rings (SSSR count). The van der Waals surface area contributed by atoms with Crippen molar-refractivity contribution in [3.05, 3.63) is 22.2 Å². The molecule has 1 spiro atoms. The molecule has 2 aliphatic heterocycles. The summed E-state index contributed by atoms with van der Waals surface area (Å²) in [6, 6.07) is 4.87. The number of hydrogen-bond acceptors (Lipinski definition) is 3. The summed E-state index contributed by atoms with van der Waals surface area (Å²) in [4.78, 5) is 0. The number of nitrogens with one attached hydrogen (secondary N) is 1. The summed E-state index contributed by atoms with van der Waals surface area (Å²) in [6.07, 6.45) is 9.40. The Morgan fingerprint density at radius 2 is 1.86 bits per heavy atom. The lowest BCUT2D eigenvalue weighted by atomic mass is 9.97. The van der Waals surface area contributed by atoms with Crippen LogP contribution in [0.3, 0.4) is 0 Å². The molecule has 1 aliphatic carbocycles. The van der Waals surface area contributed by atoms with E-state index in [-0.39, 0.29) is 5.79 Å². The number of fused-ring (bicyclic) bond motifs is 1. The van der Waals surface area contributed by atoms with Crippen LogP contribution >= 0.6 is 15.9 Å². The highest BCUT2D eigenvalue weighted by atomic mass is 79.9. The third-order valence-corrected chi connectivity index (χ3v) is 5.69. The molecule has 1 atom stereocenters. The van der Waals surface area contributed by atoms with Crippen LogP contribution in [0.2, 0.25) is 0 Å². The van der Waals surface area contributed by atoms with Crippen molar-refractivity contribution < 1.29 is 9.47 Å². The van der Waals surface area contributed by atoms with Gasteiger partial charge in [0.05, 0.1) is 0 Å². The summed E-state index contributed by atoms with van der Waals surface area (Å²) >= 11 is 3.71. The molecule has 1 saturated carbocycles. The number of hydrogen-bond donors (Lipinski definition) is 1. The van der Waals surface area contributed by atoms with Crippen molar-refractivity contribution in [1.82, 2.24) is 5.32 Å². The predicted octanol–water partition coefficient (Wildman–Crippen LogP) is 4.18. The van der Waals surface area contributed by atoms with E-state index in [1.807, 2.05) is 0 Å². The Bertz CT molecular complexity index is 534. The first-order valence-electron chi connectivity index (χ1n) is 8.18. The molecule has 114 valence electrons. The molecule has 1 aromatic rings. The van der Waals surface area contributed by atoms with E-state index in [0.29, 0.717) is 6.04 Å². The molecule has 0 aromatic heterocycles. The lowest BCUT2D eigenvalue weighted by Crippen LogP contribution is -2.35. The second-order valence-electron chi connectivity index (χ2n) is 6.56. The van der Waals surface area contributed by atoms with E-state index in [1.165, 1.54) is 37.7 Å². The Labute approximate surface area is 134 Å². The fourth-order valence-electron chi connectivity index (χ4n) is 3.80. The lowest BCUT2D eigenvalue weighted by Gasteiger charge is -2.24. The van der Waals surface area contributed by atoms with E-state index in [1.54, 1.807) is 0 Å². The van der Waals surface area contributed by atoms with E-state index >= 15 is 0 Å². The maximum absolute atomic E-state index is 6.18. The van der Waals surface area contributed by atoms with Gasteiger partial charge in [-0.3, -0.25) is 0 Å². The smallest absolute Gasteiger partial charge is 0.251 e. The van der Waals surface area contributed by atoms with Crippen molar-refractivity contribution in [1.29, 1.82) is 0 Å². The van der Waals surface area contributed by atoms with Crippen LogP contribution in [-0.2, 0) is 6.42 Å². The first kappa shape index (κ1) is 13.9. The summed E-state index contributed by atoms with van der Waals surface area (Å²) in [7, 11) is 0. The molecule has 0 radical (unpaired) electrons. The van der Waals surface area contributed by atoms with E-state index in [0.717, 1.165) is 41.8 Å². The van der Waals surface area contributed by atoms with Gasteiger partial charge in [0.25, 0.3) is 5.79 Å². The molecule has 1 aromatic carbocycles. The highest BCUT2D eigenvalue weighted by Gasteiger charge is 2.44. The minimum absolute atomic E-state index is 0.358. The van der Waals surface area contributed by atoms with Crippen LogP contribution in [-0.4, -0.2) is 18.4 Å². The van der Waals surface area contributed by atoms with Gasteiger partial charge in [-0.2, -0.15) is 0 Å². The highest BCUT2D eigenvalue weighted by Crippen LogP contribution is 2.48. The zero-order chi connectivity index (χ0) is 14.3. The Morgan fingerprint density at radius 3 is 2.57 bits per heavy atom. The number of rotatable bonds is 2. The van der Waals surface area contributed by atoms with Gasteiger partial charge in [0.15, 0.2) is 11.5 Å². The van der Waals surface area contributed by atoms with Gasteiger partial charge in [0.2, 0.25) is 0 Å². The van der Waals surface area contributed by atoms with Gasteiger partial charge in [0.1, 0.15) is 0 Å². The molecular weight excluding hydrogens is 330 g/mol. The van der Waals surface area contributed by atoms with E-state index < -0.39 is 0 Å². The zero-order valence-corrected chi connectivity index (χ0v) is 13.9. The third kappa shape index (κ3) is 2.68. The summed E-state index contributed by atoms with van der Waals surface area (Å²) in [6.45, 7) is 1.15. The van der Waals surface area contributed by atoms with Gasteiger partial charge >= 0.3 is 0 Å². The number of piperidine rings is 1. The molecule has 1 N–H and O–H groups in total. The Morgan fingerprint density at radius 1 is 1.10 bits per heavy atom. The SMILES string of the molecule is Brc1cc2c(cc1CC1CCCCN1)OC1(CCCC1)O2. The minimum atomic E-state index is -0.358. The Kier molecular flexibility index (Phi) is 3.62. The monoisotopic (exact) mass is 351 g/mol. The van der Waals surface area contributed by atoms with Gasteiger partial charge in [-0.1, -0.05) is 22.4 Å². The largest absolute Gasteiger partial charge is 0.448 e. The van der Waals surface area contributed by atoms with Crippen LogP contribution in [0.1, 0.15) is 50.5 Å². The summed E-state index contributed by atoms with van der Waals surface area (Å²) in [5, 5.41) is 3.62. The van der Waals surface area contributed by atoms with Gasteiger partial charge in [-0.05, 0) is 56.3 Å². The predicted molar refractivity (Wildman–Crippen MR) is 85.9 cm³/mol. The van der Waals surface area contributed by atoms with Crippen molar-refractivity contribution in [3.8, 4) is 11.5 Å². The zero-order valence-electron chi connectivity index (χ0n) is 12.3. The topological polar surface area (TPSA) is 30.5 Å². The first-order valence-corrected chi connectivity index (χ1v) is 8.97. The quantitative estimate of drug-likeness (QED) is 0.866. The normalized spacial score (nSPS) is 26.4. The molecule has 1 saturated heterocycles. The molecule has 3 nitrogen and oxygen atoms in total. The molecule has 0 amide bonds. The number of benzene rings is 1. The van der Waals surface area contributed by atoms with Crippen molar-refractivity contribution in [2.24, 2.45) is 0 Å². The molecular formula is C17H22BrNO2. The molecule has 1 unspecified atom stereocenters. The Hall–Kier alpha value is -0.740. The molecule has 3 aliphatic rings. The number of ether oxygens (including phenoxy) is 2. The fraction of sp³-hybridized carbons (Fsp3) is 0.647.